The molecule has 0 spiro atoms. The van der Waals surface area contributed by atoms with Gasteiger partial charge in [0, 0.05) is 10.6 Å². The van der Waals surface area contributed by atoms with Crippen molar-refractivity contribution in [2.75, 3.05) is 0 Å². The first-order valence-electron chi connectivity index (χ1n) is 6.31. The van der Waals surface area contributed by atoms with Crippen molar-refractivity contribution in [1.82, 2.24) is 5.32 Å². The lowest BCUT2D eigenvalue weighted by Gasteiger charge is -2.13. The minimum Gasteiger partial charge on any atom is -0.508 e. The lowest BCUT2D eigenvalue weighted by Crippen LogP contribution is -2.29. The van der Waals surface area contributed by atoms with E-state index >= 15 is 0 Å². The predicted molar refractivity (Wildman–Crippen MR) is 79.8 cm³/mol. The summed E-state index contributed by atoms with van der Waals surface area (Å²) in [7, 11) is 0. The average Bonchev–Trinajstić information content (AvgIpc) is 2.48. The van der Waals surface area contributed by atoms with Crippen LogP contribution in [-0.2, 0) is 11.2 Å². The van der Waals surface area contributed by atoms with Crippen LogP contribution in [0.15, 0.2) is 48.5 Å². The van der Waals surface area contributed by atoms with Crippen LogP contribution in [0.5, 0.6) is 5.75 Å². The minimum atomic E-state index is -0.789. The smallest absolute Gasteiger partial charge is 0.225 e. The fourth-order valence-corrected chi connectivity index (χ4v) is 2.14. The molecule has 2 aromatic carbocycles. The highest BCUT2D eigenvalue weighted by Gasteiger charge is 2.16. The minimum absolute atomic E-state index is 0.128. The van der Waals surface area contributed by atoms with Gasteiger partial charge in [-0.05, 0) is 23.8 Å². The first kappa shape index (κ1) is 14.9. The van der Waals surface area contributed by atoms with E-state index < -0.39 is 6.04 Å². The number of amides is 1. The molecular weight excluding hydrogens is 288 g/mol. The number of phenolic OH excluding ortho intramolecular Hbond substituents is 1. The topological polar surface area (TPSA) is 73.1 Å². The zero-order valence-electron chi connectivity index (χ0n) is 11.1. The maximum atomic E-state index is 12.0. The SMILES string of the molecule is N#C[C@@H](NC(=O)Cc1ccc(O)cc1)c1ccccc1Cl. The summed E-state index contributed by atoms with van der Waals surface area (Å²) in [5, 5.41) is 21.5. The molecule has 5 heteroatoms. The van der Waals surface area contributed by atoms with Crippen LogP contribution in [0.4, 0.5) is 0 Å². The van der Waals surface area contributed by atoms with Crippen LogP contribution >= 0.6 is 11.6 Å². The maximum Gasteiger partial charge on any atom is 0.225 e. The first-order valence-corrected chi connectivity index (χ1v) is 6.69. The predicted octanol–water partition coefficient (Wildman–Crippen LogP) is 2.97. The molecule has 2 N–H and O–H groups in total. The van der Waals surface area contributed by atoms with Crippen LogP contribution in [0, 0.1) is 11.3 Å². The summed E-state index contributed by atoms with van der Waals surface area (Å²) in [6, 6.07) is 14.5. The molecule has 0 aliphatic heterocycles. The highest BCUT2D eigenvalue weighted by molar-refractivity contribution is 6.31. The number of nitriles is 1. The summed E-state index contributed by atoms with van der Waals surface area (Å²) in [6.45, 7) is 0. The summed E-state index contributed by atoms with van der Waals surface area (Å²) in [6.07, 6.45) is 0.128. The quantitative estimate of drug-likeness (QED) is 0.911. The molecule has 0 unspecified atom stereocenters. The summed E-state index contributed by atoms with van der Waals surface area (Å²) in [5.74, 6) is -0.141. The average molecular weight is 301 g/mol. The third-order valence-corrected chi connectivity index (χ3v) is 3.30. The molecule has 0 saturated carbocycles. The molecule has 1 amide bonds. The molecule has 21 heavy (non-hydrogen) atoms. The highest BCUT2D eigenvalue weighted by atomic mass is 35.5. The molecule has 0 fully saturated rings. The molecule has 0 heterocycles. The lowest BCUT2D eigenvalue weighted by molar-refractivity contribution is -0.120. The van der Waals surface area contributed by atoms with E-state index in [9.17, 15) is 15.2 Å². The van der Waals surface area contributed by atoms with Gasteiger partial charge < -0.3 is 10.4 Å². The zero-order valence-corrected chi connectivity index (χ0v) is 11.8. The molecule has 0 bridgehead atoms. The van der Waals surface area contributed by atoms with Crippen LogP contribution < -0.4 is 5.32 Å². The van der Waals surface area contributed by atoms with E-state index in [1.54, 1.807) is 36.4 Å². The molecule has 0 saturated heterocycles. The molecule has 0 aromatic heterocycles. The van der Waals surface area contributed by atoms with Gasteiger partial charge in [0.25, 0.3) is 0 Å². The van der Waals surface area contributed by atoms with Crippen molar-refractivity contribution in [1.29, 1.82) is 5.26 Å². The Morgan fingerprint density at radius 2 is 1.90 bits per heavy atom. The van der Waals surface area contributed by atoms with Crippen molar-refractivity contribution in [2.24, 2.45) is 0 Å². The van der Waals surface area contributed by atoms with Crippen LogP contribution in [0.1, 0.15) is 17.2 Å². The second-order valence-corrected chi connectivity index (χ2v) is 4.90. The molecule has 0 radical (unpaired) electrons. The number of aromatic hydroxyl groups is 1. The molecule has 4 nitrogen and oxygen atoms in total. The van der Waals surface area contributed by atoms with Crippen molar-refractivity contribution in [3.05, 3.63) is 64.7 Å². The van der Waals surface area contributed by atoms with E-state index in [1.807, 2.05) is 6.07 Å². The first-order chi connectivity index (χ1) is 10.1. The monoisotopic (exact) mass is 300 g/mol. The Morgan fingerprint density at radius 3 is 2.52 bits per heavy atom. The Bertz CT molecular complexity index is 677. The van der Waals surface area contributed by atoms with Gasteiger partial charge in [0.15, 0.2) is 0 Å². The van der Waals surface area contributed by atoms with Crippen LogP contribution in [0.2, 0.25) is 5.02 Å². The van der Waals surface area contributed by atoms with Crippen molar-refractivity contribution in [3.63, 3.8) is 0 Å². The van der Waals surface area contributed by atoms with Crippen molar-refractivity contribution in [3.8, 4) is 11.8 Å². The van der Waals surface area contributed by atoms with Crippen LogP contribution in [0.25, 0.3) is 0 Å². The van der Waals surface area contributed by atoms with Crippen molar-refractivity contribution in [2.45, 2.75) is 12.5 Å². The number of carbonyl (C=O) groups excluding carboxylic acids is 1. The van der Waals surface area contributed by atoms with Gasteiger partial charge >= 0.3 is 0 Å². The Balaban J connectivity index is 2.05. The Morgan fingerprint density at radius 1 is 1.24 bits per heavy atom. The van der Waals surface area contributed by atoms with Gasteiger partial charge in [0.05, 0.1) is 12.5 Å². The summed E-state index contributed by atoms with van der Waals surface area (Å²) in [4.78, 5) is 12.0. The maximum absolute atomic E-state index is 12.0. The summed E-state index contributed by atoms with van der Waals surface area (Å²) >= 11 is 6.03. The van der Waals surface area contributed by atoms with Gasteiger partial charge in [0.2, 0.25) is 5.91 Å². The Kier molecular flexibility index (Phi) is 4.81. The summed E-state index contributed by atoms with van der Waals surface area (Å²) in [5.41, 5.74) is 1.32. The number of benzene rings is 2. The molecule has 2 rings (SSSR count). The number of hydrogen-bond acceptors (Lipinski definition) is 3. The van der Waals surface area contributed by atoms with Gasteiger partial charge in [-0.25, -0.2) is 0 Å². The number of rotatable bonds is 4. The fraction of sp³-hybridized carbons (Fsp3) is 0.125. The Labute approximate surface area is 127 Å². The number of nitrogens with one attached hydrogen (secondary N) is 1. The molecule has 1 atom stereocenters. The van der Waals surface area contributed by atoms with E-state index in [2.05, 4.69) is 5.32 Å². The molecule has 2 aromatic rings. The van der Waals surface area contributed by atoms with E-state index in [-0.39, 0.29) is 18.1 Å². The van der Waals surface area contributed by atoms with Gasteiger partial charge in [-0.3, -0.25) is 4.79 Å². The van der Waals surface area contributed by atoms with E-state index in [0.29, 0.717) is 10.6 Å². The Hall–Kier alpha value is -2.51. The third-order valence-electron chi connectivity index (χ3n) is 2.95. The van der Waals surface area contributed by atoms with E-state index in [0.717, 1.165) is 5.56 Å². The number of phenols is 1. The molecule has 0 aliphatic carbocycles. The number of halogens is 1. The molecule has 106 valence electrons. The molecule has 0 aliphatic rings. The fourth-order valence-electron chi connectivity index (χ4n) is 1.90. The van der Waals surface area contributed by atoms with Crippen molar-refractivity contribution >= 4 is 17.5 Å². The van der Waals surface area contributed by atoms with Gasteiger partial charge in [0.1, 0.15) is 11.8 Å². The van der Waals surface area contributed by atoms with Gasteiger partial charge in [-0.1, -0.05) is 41.9 Å². The summed E-state index contributed by atoms with van der Waals surface area (Å²) < 4.78 is 0. The lowest BCUT2D eigenvalue weighted by atomic mass is 10.1. The zero-order chi connectivity index (χ0) is 15.2. The highest BCUT2D eigenvalue weighted by Crippen LogP contribution is 2.22. The number of nitrogens with zero attached hydrogens (tertiary/aromatic N) is 1. The van der Waals surface area contributed by atoms with Gasteiger partial charge in [-0.2, -0.15) is 5.26 Å². The molecular formula is C16H13ClN2O2. The number of carbonyl (C=O) groups is 1. The largest absolute Gasteiger partial charge is 0.508 e. The van der Waals surface area contributed by atoms with Gasteiger partial charge in [-0.15, -0.1) is 0 Å². The third kappa shape index (κ3) is 3.98. The van der Waals surface area contributed by atoms with E-state index in [1.165, 1.54) is 12.1 Å². The second-order valence-electron chi connectivity index (χ2n) is 4.49. The van der Waals surface area contributed by atoms with Crippen LogP contribution in [-0.4, -0.2) is 11.0 Å². The van der Waals surface area contributed by atoms with Crippen molar-refractivity contribution < 1.29 is 9.90 Å². The normalized spacial score (nSPS) is 11.4. The van der Waals surface area contributed by atoms with Crippen LogP contribution in [0.3, 0.4) is 0 Å². The second kappa shape index (κ2) is 6.78. The standard InChI is InChI=1S/C16H13ClN2O2/c17-14-4-2-1-3-13(14)15(10-18)19-16(21)9-11-5-7-12(20)8-6-11/h1-8,15,20H,9H2,(H,19,21)/t15-/m1/s1. The number of hydrogen-bond donors (Lipinski definition) is 2. The van der Waals surface area contributed by atoms with E-state index in [4.69, 9.17) is 11.6 Å².